The van der Waals surface area contributed by atoms with Crippen LogP contribution in [-0.4, -0.2) is 0 Å². The molecule has 0 radical (unpaired) electrons. The summed E-state index contributed by atoms with van der Waals surface area (Å²) in [4.78, 5) is 0. The zero-order valence-electron chi connectivity index (χ0n) is 102. The van der Waals surface area contributed by atoms with Crippen LogP contribution >= 0.6 is 0 Å². The van der Waals surface area contributed by atoms with Crippen molar-refractivity contribution in [3.05, 3.63) is 338 Å². The van der Waals surface area contributed by atoms with Gasteiger partial charge in [-0.1, -0.05) is 284 Å². The Hall–Kier alpha value is -12.1. The van der Waals surface area contributed by atoms with Crippen LogP contribution in [0, 0.1) is 0 Å². The summed E-state index contributed by atoms with van der Waals surface area (Å²) in [5.41, 5.74) is -14.0. The third kappa shape index (κ3) is 8.87. The molecule has 2 heterocycles. The minimum atomic E-state index is -1.18. The van der Waals surface area contributed by atoms with Gasteiger partial charge < -0.3 is 8.83 Å². The van der Waals surface area contributed by atoms with Gasteiger partial charge in [0, 0.05) is 32.3 Å². The molecule has 0 aliphatic carbocycles. The van der Waals surface area contributed by atoms with Gasteiger partial charge in [-0.15, -0.1) is 0 Å². The molecular weight excluding hydrogens is 1110 g/mol. The molecule has 0 amide bonds. The van der Waals surface area contributed by atoms with Crippen molar-refractivity contribution in [1.29, 1.82) is 0 Å². The number of fused-ring (bicyclic) bond motifs is 14. The van der Waals surface area contributed by atoms with E-state index in [1.165, 1.54) is 0 Å². The summed E-state index contributed by atoms with van der Waals surface area (Å²) in [6.07, 6.45) is 0. The second-order valence-corrected chi connectivity index (χ2v) is 19.8. The molecule has 0 aliphatic heterocycles. The van der Waals surface area contributed by atoms with Gasteiger partial charge in [-0.05, 0) is 186 Å². The van der Waals surface area contributed by atoms with E-state index < -0.39 is 525 Å². The Morgan fingerprint density at radius 3 is 0.815 bits per heavy atom. The number of furan rings is 2. The second kappa shape index (κ2) is 21.9. The van der Waals surface area contributed by atoms with Crippen LogP contribution in [0.2, 0.25) is 0 Å². The lowest BCUT2D eigenvalue weighted by atomic mass is 9.84. The highest BCUT2D eigenvalue weighted by Crippen LogP contribution is 2.49. The number of benzene rings is 17. The lowest BCUT2D eigenvalue weighted by molar-refractivity contribution is 0.672. The molecule has 19 rings (SSSR count). The predicted molar refractivity (Wildman–Crippen MR) is 391 cm³/mol. The summed E-state index contributed by atoms with van der Waals surface area (Å²) >= 11 is 0. The molecule has 0 bridgehead atoms. The van der Waals surface area contributed by atoms with Gasteiger partial charge in [0.05, 0.1) is 76.8 Å². The minimum Gasteiger partial charge on any atom is -0.455 e. The quantitative estimate of drug-likeness (QED) is 0.149. The highest BCUT2D eigenvalue weighted by Gasteiger charge is 2.22. The fraction of sp³-hybridized carbons (Fsp3) is 0. The van der Waals surface area contributed by atoms with E-state index in [-0.39, 0.29) is 0 Å². The molecule has 0 saturated heterocycles. The molecule has 92 heavy (non-hydrogen) atoms. The Morgan fingerprint density at radius 2 is 0.435 bits per heavy atom. The Bertz CT molecular complexity index is 9280. The molecule has 0 N–H and O–H groups in total. The van der Waals surface area contributed by atoms with Crippen molar-refractivity contribution in [2.75, 3.05) is 0 Å². The van der Waals surface area contributed by atoms with E-state index in [9.17, 15) is 26.0 Å². The van der Waals surface area contributed by atoms with Gasteiger partial charge in [0.1, 0.15) is 22.3 Å². The lowest BCUT2D eigenvalue weighted by Gasteiger charge is -2.19. The van der Waals surface area contributed by atoms with Crippen molar-refractivity contribution >= 4 is 109 Å². The molecule has 2 nitrogen and oxygen atoms in total. The maximum absolute atomic E-state index is 9.94. The van der Waals surface area contributed by atoms with Gasteiger partial charge in [-0.2, -0.15) is 0 Å². The van der Waals surface area contributed by atoms with Crippen molar-refractivity contribution in [2.45, 2.75) is 0 Å². The molecule has 17 aromatic carbocycles. The summed E-state index contributed by atoms with van der Waals surface area (Å²) in [6, 6.07) is -53.1. The smallest absolute Gasteiger partial charge is 0.143 e. The number of rotatable bonds is 7. The first-order chi connectivity index (χ1) is 69.0. The molecular formula is C90H56O2. The van der Waals surface area contributed by atoms with Crippen LogP contribution in [0.25, 0.3) is 186 Å². The van der Waals surface area contributed by atoms with E-state index in [0.29, 0.717) is 0 Å². The zero-order chi connectivity index (χ0) is 109. The van der Waals surface area contributed by atoms with Gasteiger partial charge in [0.15, 0.2) is 0 Å². The maximum atomic E-state index is 9.94. The molecule has 19 aromatic rings. The summed E-state index contributed by atoms with van der Waals surface area (Å²) in [5.74, 6) is 0. The normalized spacial score (nSPS) is 20.2. The van der Waals surface area contributed by atoms with Crippen LogP contribution in [0.3, 0.4) is 0 Å². The second-order valence-electron chi connectivity index (χ2n) is 19.8. The van der Waals surface area contributed by atoms with Gasteiger partial charge >= 0.3 is 0 Å². The fourth-order valence-corrected chi connectivity index (χ4v) is 10.9. The first-order valence-electron chi connectivity index (χ1n) is 55.1. The zero-order valence-corrected chi connectivity index (χ0v) is 45.8. The number of hydrogen-bond acceptors (Lipinski definition) is 2. The van der Waals surface area contributed by atoms with Crippen molar-refractivity contribution in [1.82, 2.24) is 0 Å². The van der Waals surface area contributed by atoms with Crippen LogP contribution in [0.4, 0.5) is 0 Å². The Morgan fingerprint density at radius 1 is 0.163 bits per heavy atom. The molecule has 0 fully saturated rings. The van der Waals surface area contributed by atoms with E-state index in [0.717, 1.165) is 0 Å². The molecule has 0 atom stereocenters. The Balaban J connectivity index is 0.000000195. The van der Waals surface area contributed by atoms with Crippen molar-refractivity contribution in [3.63, 3.8) is 0 Å². The first kappa shape index (κ1) is 21.3. The molecule has 0 spiro atoms. The highest BCUT2D eigenvalue weighted by molar-refractivity contribution is 6.25. The average molecular weight is 1230 g/mol. The topological polar surface area (TPSA) is 26.3 Å². The monoisotopic (exact) mass is 1220 g/mol. The first-order valence-corrected chi connectivity index (χ1v) is 27.1. The van der Waals surface area contributed by atoms with E-state index in [1.54, 1.807) is 0 Å². The molecule has 2 aromatic heterocycles. The van der Waals surface area contributed by atoms with Crippen molar-refractivity contribution < 1.29 is 85.6 Å². The summed E-state index contributed by atoms with van der Waals surface area (Å²) in [7, 11) is 0. The standard InChI is InChI=1S/C48H30O.C42H26O/c1-3-13-31(14-4-1)35-27-36(32-15-5-2-6-16-32)29-37(28-35)47-41-21-11-9-19-39(41)46(40-20-10-12-22-42(40)47)34-24-26-45-44(30-34)43-25-23-33-17-7-8-18-38(33)48(43)49-45;1-2-10-27(11-3-1)28-18-20-30(21-19-28)40-33-14-6-8-16-35(33)41(36-17-9-7-15-34(36)40)31-23-25-39-38(26-31)37-24-22-29-12-4-5-13-32(29)42(37)43-39/h1-30H;1-26H/i1D,2D,3D,4D,5D,6D,7D,8D,9D,10D,11D,12D,13D,14D,15D,16D,17D,18D,19D,20D,21D,22D,23D,24D,25D,26D,27D,28D,29D,30D;1D,2D,3D,4D,5D,6D,7D,8D,9D,10D,11D,12D,13D,14D,15D,16D,17D,18D,19D,20D,21D,22D,23D,24D,25D,26D. The molecule has 0 saturated carbocycles. The van der Waals surface area contributed by atoms with Gasteiger partial charge in [0.25, 0.3) is 0 Å². The highest BCUT2D eigenvalue weighted by atomic mass is 16.3. The average Bonchev–Trinajstić information content (AvgIpc) is 1.20. The SMILES string of the molecule is [2H]c1c([2H])c([2H])c(-c2c([2H])c(-c3c([2H])c([2H])c([2H])c([2H])c3[2H])c([2H])c(-c3c4c([2H])c([2H])c([2H])c([2H])c4c(-c4c([2H])c([2H])c5oc6c7c([2H])c([2H])c([2H])c([2H])c7c([2H])c([2H])c6c5c4[2H])c4c([2H])c([2H])c([2H])c([2H])c34)c2[2H])c([2H])c1[2H].[2H]c1c([2H])c([2H])c(-c2c([2H])c([2H])c(-c3c4c([2H])c([2H])c([2H])c([2H])c4c(-c4c([2H])c([2H])c5oc6c7c([2H])c([2H])c([2H])c([2H])c7c([2H])c([2H])c6c5c4[2H])c4c([2H])c([2H])c([2H])c([2H])c34)c([2H])c2[2H])c([2H])c1[2H]. The Kier molecular flexibility index (Phi) is 5.06. The lowest BCUT2D eigenvalue weighted by Crippen LogP contribution is -1.92. The van der Waals surface area contributed by atoms with Crippen LogP contribution in [0.5, 0.6) is 0 Å². The van der Waals surface area contributed by atoms with E-state index >= 15 is 0 Å². The van der Waals surface area contributed by atoms with Crippen LogP contribution < -0.4 is 0 Å². The summed E-state index contributed by atoms with van der Waals surface area (Å²) in [6.45, 7) is 0. The van der Waals surface area contributed by atoms with Gasteiger partial charge in [-0.3, -0.25) is 0 Å². The van der Waals surface area contributed by atoms with E-state index in [2.05, 4.69) is 0 Å². The van der Waals surface area contributed by atoms with Crippen LogP contribution in [-0.2, 0) is 0 Å². The van der Waals surface area contributed by atoms with Crippen LogP contribution in [0.1, 0.15) is 76.8 Å². The summed E-state index contributed by atoms with van der Waals surface area (Å²) in [5, 5.41) is -10.0. The third-order valence-electron chi connectivity index (χ3n) is 14.7. The van der Waals surface area contributed by atoms with Crippen molar-refractivity contribution in [3.8, 4) is 77.9 Å². The van der Waals surface area contributed by atoms with Crippen molar-refractivity contribution in [2.24, 2.45) is 0 Å². The number of hydrogen-bond donors (Lipinski definition) is 0. The van der Waals surface area contributed by atoms with Gasteiger partial charge in [-0.25, -0.2) is 0 Å². The predicted octanol–water partition coefficient (Wildman–Crippen LogP) is 25.8. The third-order valence-corrected chi connectivity index (χ3v) is 14.7. The molecule has 0 aliphatic rings. The van der Waals surface area contributed by atoms with Crippen LogP contribution in [0.15, 0.2) is 347 Å². The molecule has 2 heteroatoms. The minimum absolute atomic E-state index is 0.402. The maximum Gasteiger partial charge on any atom is 0.143 e. The van der Waals surface area contributed by atoms with E-state index in [1.807, 2.05) is 0 Å². The molecule has 0 unspecified atom stereocenters. The Labute approximate surface area is 610 Å². The molecule has 428 valence electrons. The van der Waals surface area contributed by atoms with E-state index in [4.69, 9.17) is 59.6 Å². The van der Waals surface area contributed by atoms with Gasteiger partial charge in [0.2, 0.25) is 0 Å². The summed E-state index contributed by atoms with van der Waals surface area (Å²) < 4.78 is 514. The largest absolute Gasteiger partial charge is 0.455 e. The fourth-order valence-electron chi connectivity index (χ4n) is 10.9.